The lowest BCUT2D eigenvalue weighted by atomic mass is 10.1. The number of carboxylic acids is 2. The van der Waals surface area contributed by atoms with Crippen LogP contribution < -0.4 is 0 Å². The zero-order valence-electron chi connectivity index (χ0n) is 17.4. The number of carbonyl (C=O) groups is 3. The number of hydrogen-bond acceptors (Lipinski definition) is 4. The van der Waals surface area contributed by atoms with E-state index in [1.807, 2.05) is 0 Å². The molecule has 0 aliphatic rings. The van der Waals surface area contributed by atoms with Crippen LogP contribution >= 0.6 is 0 Å². The topological polar surface area (TPSA) is 101 Å². The first kappa shape index (κ1) is 26.1. The zero-order chi connectivity index (χ0) is 21.0. The number of carbonyl (C=O) groups excluding carboxylic acids is 1. The molecule has 0 aliphatic carbocycles. The molecule has 6 nitrogen and oxygen atoms in total. The van der Waals surface area contributed by atoms with Crippen molar-refractivity contribution in [3.63, 3.8) is 0 Å². The molecular formula is C22H38O6. The molecule has 162 valence electrons. The predicted molar refractivity (Wildman–Crippen MR) is 109 cm³/mol. The van der Waals surface area contributed by atoms with E-state index in [1.165, 1.54) is 6.42 Å². The number of rotatable bonds is 19. The molecule has 0 bridgehead atoms. The normalized spacial score (nSPS) is 12.2. The second kappa shape index (κ2) is 18.5. The van der Waals surface area contributed by atoms with Crippen LogP contribution in [0.5, 0.6) is 0 Å². The fourth-order valence-corrected chi connectivity index (χ4v) is 2.91. The highest BCUT2D eigenvalue weighted by Crippen LogP contribution is 2.14. The summed E-state index contributed by atoms with van der Waals surface area (Å²) >= 11 is 0. The molecule has 1 atom stereocenters. The number of aliphatic carboxylic acids is 2. The van der Waals surface area contributed by atoms with Crippen molar-refractivity contribution >= 4 is 17.9 Å². The van der Waals surface area contributed by atoms with E-state index in [2.05, 4.69) is 19.1 Å². The van der Waals surface area contributed by atoms with Gasteiger partial charge >= 0.3 is 17.9 Å². The number of hydrogen-bond donors (Lipinski definition) is 2. The molecule has 2 N–H and O–H groups in total. The van der Waals surface area contributed by atoms with Crippen LogP contribution in [-0.4, -0.2) is 34.2 Å². The van der Waals surface area contributed by atoms with Crippen LogP contribution in [0.1, 0.15) is 103 Å². The van der Waals surface area contributed by atoms with Gasteiger partial charge in [-0.25, -0.2) is 0 Å². The van der Waals surface area contributed by atoms with Gasteiger partial charge in [-0.1, -0.05) is 57.6 Å². The minimum atomic E-state index is -0.987. The summed E-state index contributed by atoms with van der Waals surface area (Å²) in [6, 6.07) is 0. The smallest absolute Gasteiger partial charge is 0.306 e. The molecule has 0 heterocycles. The molecule has 0 unspecified atom stereocenters. The SMILES string of the molecule is CCCCCC[C@H](CC=CCCCCCCCC(=O)O)OC(=O)CCC(=O)O. The second-order valence-corrected chi connectivity index (χ2v) is 7.26. The van der Waals surface area contributed by atoms with E-state index >= 15 is 0 Å². The summed E-state index contributed by atoms with van der Waals surface area (Å²) < 4.78 is 5.47. The fourth-order valence-electron chi connectivity index (χ4n) is 2.91. The van der Waals surface area contributed by atoms with Crippen molar-refractivity contribution in [1.82, 2.24) is 0 Å². The maximum absolute atomic E-state index is 11.8. The van der Waals surface area contributed by atoms with Gasteiger partial charge in [0.25, 0.3) is 0 Å². The Morgan fingerprint density at radius 1 is 0.786 bits per heavy atom. The van der Waals surface area contributed by atoms with Gasteiger partial charge in [-0.2, -0.15) is 0 Å². The number of carboxylic acid groups (broad SMARTS) is 2. The molecule has 0 spiro atoms. The average Bonchev–Trinajstić information content (AvgIpc) is 2.64. The molecule has 0 aliphatic heterocycles. The largest absolute Gasteiger partial charge is 0.481 e. The molecule has 6 heteroatoms. The van der Waals surface area contributed by atoms with Gasteiger partial charge in [0.15, 0.2) is 0 Å². The van der Waals surface area contributed by atoms with Gasteiger partial charge in [0, 0.05) is 12.8 Å². The van der Waals surface area contributed by atoms with Crippen LogP contribution in [0.3, 0.4) is 0 Å². The molecular weight excluding hydrogens is 360 g/mol. The summed E-state index contributed by atoms with van der Waals surface area (Å²) in [6.07, 6.45) is 15.8. The Bertz CT molecular complexity index is 458. The molecule has 0 aromatic carbocycles. The summed E-state index contributed by atoms with van der Waals surface area (Å²) in [5.41, 5.74) is 0. The van der Waals surface area contributed by atoms with E-state index in [1.54, 1.807) is 0 Å². The van der Waals surface area contributed by atoms with Crippen molar-refractivity contribution in [2.75, 3.05) is 0 Å². The molecule has 0 fully saturated rings. The molecule has 0 saturated heterocycles. The highest BCUT2D eigenvalue weighted by atomic mass is 16.5. The van der Waals surface area contributed by atoms with Crippen LogP contribution in [-0.2, 0) is 19.1 Å². The first-order valence-corrected chi connectivity index (χ1v) is 10.7. The van der Waals surface area contributed by atoms with E-state index in [9.17, 15) is 14.4 Å². The van der Waals surface area contributed by atoms with Crippen LogP contribution in [0.2, 0.25) is 0 Å². The third-order valence-corrected chi connectivity index (χ3v) is 4.55. The van der Waals surface area contributed by atoms with Crippen molar-refractivity contribution in [2.24, 2.45) is 0 Å². The van der Waals surface area contributed by atoms with Crippen molar-refractivity contribution in [1.29, 1.82) is 0 Å². The van der Waals surface area contributed by atoms with Crippen LogP contribution in [0.15, 0.2) is 12.2 Å². The first-order valence-electron chi connectivity index (χ1n) is 10.7. The van der Waals surface area contributed by atoms with Crippen molar-refractivity contribution in [3.05, 3.63) is 12.2 Å². The Kier molecular flexibility index (Phi) is 17.3. The van der Waals surface area contributed by atoms with Gasteiger partial charge < -0.3 is 14.9 Å². The van der Waals surface area contributed by atoms with Crippen LogP contribution in [0.25, 0.3) is 0 Å². The molecule has 0 rings (SSSR count). The third-order valence-electron chi connectivity index (χ3n) is 4.55. The summed E-state index contributed by atoms with van der Waals surface area (Å²) in [5.74, 6) is -2.15. The van der Waals surface area contributed by atoms with Gasteiger partial charge in [-0.3, -0.25) is 14.4 Å². The van der Waals surface area contributed by atoms with E-state index in [0.29, 0.717) is 6.42 Å². The van der Waals surface area contributed by atoms with E-state index in [0.717, 1.165) is 64.2 Å². The number of allylic oxidation sites excluding steroid dienone is 1. The molecule has 0 saturated carbocycles. The molecule has 28 heavy (non-hydrogen) atoms. The fraction of sp³-hybridized carbons (Fsp3) is 0.773. The Morgan fingerprint density at radius 3 is 2.11 bits per heavy atom. The first-order chi connectivity index (χ1) is 13.5. The lowest BCUT2D eigenvalue weighted by molar-refractivity contribution is -0.152. The summed E-state index contributed by atoms with van der Waals surface area (Å²) in [5, 5.41) is 17.2. The maximum Gasteiger partial charge on any atom is 0.306 e. The van der Waals surface area contributed by atoms with Gasteiger partial charge in [0.05, 0.1) is 12.8 Å². The van der Waals surface area contributed by atoms with E-state index < -0.39 is 17.9 Å². The molecule has 0 radical (unpaired) electrons. The third kappa shape index (κ3) is 18.9. The molecule has 0 amide bonds. The van der Waals surface area contributed by atoms with Gasteiger partial charge in [-0.05, 0) is 32.1 Å². The lowest BCUT2D eigenvalue weighted by Crippen LogP contribution is -2.18. The lowest BCUT2D eigenvalue weighted by Gasteiger charge is -2.16. The number of ether oxygens (including phenoxy) is 1. The van der Waals surface area contributed by atoms with Crippen molar-refractivity contribution in [3.8, 4) is 0 Å². The summed E-state index contributed by atoms with van der Waals surface area (Å²) in [7, 11) is 0. The minimum Gasteiger partial charge on any atom is -0.481 e. The molecule has 0 aromatic rings. The van der Waals surface area contributed by atoms with Gasteiger partial charge in [0.2, 0.25) is 0 Å². The Labute approximate surface area is 169 Å². The predicted octanol–water partition coefficient (Wildman–Crippen LogP) is 5.50. The highest BCUT2D eigenvalue weighted by molar-refractivity contribution is 5.76. The van der Waals surface area contributed by atoms with E-state index in [4.69, 9.17) is 14.9 Å². The Morgan fingerprint density at radius 2 is 1.43 bits per heavy atom. The quantitative estimate of drug-likeness (QED) is 0.169. The number of esters is 1. The molecule has 0 aromatic heterocycles. The van der Waals surface area contributed by atoms with E-state index in [-0.39, 0.29) is 25.4 Å². The van der Waals surface area contributed by atoms with Crippen LogP contribution in [0, 0.1) is 0 Å². The summed E-state index contributed by atoms with van der Waals surface area (Å²) in [6.45, 7) is 2.15. The Balaban J connectivity index is 4.02. The standard InChI is InChI=1S/C22H38O6/c1-2-3-4-11-14-19(28-22(27)18-17-21(25)26)15-12-9-7-5-6-8-10-13-16-20(23)24/h9,12,19H,2-8,10-11,13-18H2,1H3,(H,23,24)(H,25,26)/t19-/m1/s1. The van der Waals surface area contributed by atoms with Crippen molar-refractivity contribution < 1.29 is 29.3 Å². The van der Waals surface area contributed by atoms with Crippen molar-refractivity contribution in [2.45, 2.75) is 109 Å². The Hall–Kier alpha value is -1.85. The summed E-state index contributed by atoms with van der Waals surface area (Å²) in [4.78, 5) is 32.8. The van der Waals surface area contributed by atoms with Crippen LogP contribution in [0.4, 0.5) is 0 Å². The number of unbranched alkanes of at least 4 members (excludes halogenated alkanes) is 8. The maximum atomic E-state index is 11.8. The minimum absolute atomic E-state index is 0.0770. The highest BCUT2D eigenvalue weighted by Gasteiger charge is 2.14. The second-order valence-electron chi connectivity index (χ2n) is 7.26. The van der Waals surface area contributed by atoms with Gasteiger partial charge in [0.1, 0.15) is 6.10 Å². The van der Waals surface area contributed by atoms with Gasteiger partial charge in [-0.15, -0.1) is 0 Å². The average molecular weight is 399 g/mol. The monoisotopic (exact) mass is 398 g/mol. The zero-order valence-corrected chi connectivity index (χ0v) is 17.4.